The van der Waals surface area contributed by atoms with Crippen molar-refractivity contribution in [2.24, 2.45) is 11.7 Å². The molecule has 16 heavy (non-hydrogen) atoms. The molecule has 2 atom stereocenters. The molecule has 0 amide bonds. The monoisotopic (exact) mass is 229 g/mol. The molecule has 0 aliphatic carbocycles. The summed E-state index contributed by atoms with van der Waals surface area (Å²) < 4.78 is 16.6. The van der Waals surface area contributed by atoms with Gasteiger partial charge in [0.05, 0.1) is 12.2 Å². The van der Waals surface area contributed by atoms with Gasteiger partial charge in [0.1, 0.15) is 0 Å². The van der Waals surface area contributed by atoms with E-state index in [1.54, 1.807) is 7.11 Å². The van der Waals surface area contributed by atoms with Gasteiger partial charge in [0.25, 0.3) is 0 Å². The molecule has 0 aromatic rings. The predicted molar refractivity (Wildman–Crippen MR) is 61.3 cm³/mol. The van der Waals surface area contributed by atoms with Crippen LogP contribution in [0, 0.1) is 5.92 Å². The van der Waals surface area contributed by atoms with Gasteiger partial charge >= 0.3 is 0 Å². The first-order chi connectivity index (χ1) is 7.78. The number of hydrogen-bond donors (Lipinski definition) is 1. The maximum absolute atomic E-state index is 6.41. The first kappa shape index (κ1) is 12.3. The molecule has 0 saturated carbocycles. The van der Waals surface area contributed by atoms with E-state index in [4.69, 9.17) is 19.9 Å². The standard InChI is InChI=1S/C12H23NO3/c1-14-12(4-7-15-8-5-12)11(13)10-3-2-6-16-9-10/h10-11H,2-9,13H2,1H3. The van der Waals surface area contributed by atoms with Crippen LogP contribution in [0.15, 0.2) is 0 Å². The van der Waals surface area contributed by atoms with Crippen molar-refractivity contribution >= 4 is 0 Å². The van der Waals surface area contributed by atoms with Crippen LogP contribution in [0.3, 0.4) is 0 Å². The SMILES string of the molecule is COC1(C(N)C2CCCOC2)CCOCC1. The molecule has 2 unspecified atom stereocenters. The molecule has 2 saturated heterocycles. The molecule has 2 fully saturated rings. The lowest BCUT2D eigenvalue weighted by Gasteiger charge is -2.44. The number of hydrogen-bond acceptors (Lipinski definition) is 4. The fourth-order valence-electron chi connectivity index (χ4n) is 2.87. The second-order valence-corrected chi connectivity index (χ2v) is 4.88. The normalized spacial score (nSPS) is 32.2. The zero-order valence-corrected chi connectivity index (χ0v) is 10.1. The molecule has 2 N–H and O–H groups in total. The van der Waals surface area contributed by atoms with E-state index in [1.165, 1.54) is 0 Å². The number of nitrogens with two attached hydrogens (primary N) is 1. The minimum absolute atomic E-state index is 0.0710. The summed E-state index contributed by atoms with van der Waals surface area (Å²) >= 11 is 0. The van der Waals surface area contributed by atoms with E-state index in [-0.39, 0.29) is 11.6 Å². The van der Waals surface area contributed by atoms with E-state index in [0.717, 1.165) is 52.1 Å². The Hall–Kier alpha value is -0.160. The lowest BCUT2D eigenvalue weighted by Crippen LogP contribution is -2.57. The summed E-state index contributed by atoms with van der Waals surface area (Å²) in [6, 6.07) is 0.0710. The third kappa shape index (κ3) is 2.40. The summed E-state index contributed by atoms with van der Waals surface area (Å²) in [6.45, 7) is 3.18. The second kappa shape index (κ2) is 5.45. The van der Waals surface area contributed by atoms with E-state index in [2.05, 4.69) is 0 Å². The van der Waals surface area contributed by atoms with E-state index in [0.29, 0.717) is 5.92 Å². The Morgan fingerprint density at radius 1 is 1.25 bits per heavy atom. The fourth-order valence-corrected chi connectivity index (χ4v) is 2.87. The van der Waals surface area contributed by atoms with Gasteiger partial charge in [0.15, 0.2) is 0 Å². The molecule has 2 heterocycles. The third-order valence-electron chi connectivity index (χ3n) is 4.06. The Morgan fingerprint density at radius 3 is 2.56 bits per heavy atom. The Balaban J connectivity index is 2.00. The van der Waals surface area contributed by atoms with Crippen LogP contribution in [0.1, 0.15) is 25.7 Å². The summed E-state index contributed by atoms with van der Waals surface area (Å²) in [5.74, 6) is 0.437. The van der Waals surface area contributed by atoms with Crippen molar-refractivity contribution in [3.05, 3.63) is 0 Å². The van der Waals surface area contributed by atoms with Crippen LogP contribution in [0.4, 0.5) is 0 Å². The van der Waals surface area contributed by atoms with E-state index >= 15 is 0 Å². The third-order valence-corrected chi connectivity index (χ3v) is 4.06. The molecule has 2 rings (SSSR count). The van der Waals surface area contributed by atoms with Crippen LogP contribution >= 0.6 is 0 Å². The van der Waals surface area contributed by atoms with E-state index < -0.39 is 0 Å². The largest absolute Gasteiger partial charge is 0.381 e. The quantitative estimate of drug-likeness (QED) is 0.782. The van der Waals surface area contributed by atoms with Gasteiger partial charge in [0, 0.05) is 51.7 Å². The molecule has 4 heteroatoms. The second-order valence-electron chi connectivity index (χ2n) is 4.88. The molecule has 0 aromatic heterocycles. The zero-order valence-electron chi connectivity index (χ0n) is 10.1. The van der Waals surface area contributed by atoms with Gasteiger partial charge in [-0.3, -0.25) is 0 Å². The summed E-state index contributed by atoms with van der Waals surface area (Å²) in [7, 11) is 1.77. The number of rotatable bonds is 3. The molecule has 0 bridgehead atoms. The van der Waals surface area contributed by atoms with Gasteiger partial charge in [-0.25, -0.2) is 0 Å². The summed E-state index contributed by atoms with van der Waals surface area (Å²) in [6.07, 6.45) is 4.09. The van der Waals surface area contributed by atoms with Crippen molar-refractivity contribution in [1.82, 2.24) is 0 Å². The van der Waals surface area contributed by atoms with Crippen LogP contribution in [0.2, 0.25) is 0 Å². The topological polar surface area (TPSA) is 53.7 Å². The van der Waals surface area contributed by atoms with Crippen LogP contribution < -0.4 is 5.73 Å². The van der Waals surface area contributed by atoms with Crippen LogP contribution in [0.5, 0.6) is 0 Å². The lowest BCUT2D eigenvalue weighted by molar-refractivity contribution is -0.122. The highest BCUT2D eigenvalue weighted by molar-refractivity contribution is 4.97. The maximum atomic E-state index is 6.41. The fraction of sp³-hybridized carbons (Fsp3) is 1.00. The average molecular weight is 229 g/mol. The predicted octanol–water partition coefficient (Wildman–Crippen LogP) is 0.936. The Kier molecular flexibility index (Phi) is 4.19. The molecular formula is C12H23NO3. The van der Waals surface area contributed by atoms with Gasteiger partial charge in [-0.2, -0.15) is 0 Å². The maximum Gasteiger partial charge on any atom is 0.0876 e. The highest BCUT2D eigenvalue weighted by atomic mass is 16.5. The minimum Gasteiger partial charge on any atom is -0.381 e. The van der Waals surface area contributed by atoms with E-state index in [1.807, 2.05) is 0 Å². The van der Waals surface area contributed by atoms with Gasteiger partial charge in [0.2, 0.25) is 0 Å². The van der Waals surface area contributed by atoms with Gasteiger partial charge in [-0.05, 0) is 12.8 Å². The van der Waals surface area contributed by atoms with Crippen LogP contribution in [-0.2, 0) is 14.2 Å². The Morgan fingerprint density at radius 2 is 2.00 bits per heavy atom. The molecule has 94 valence electrons. The zero-order chi connectivity index (χ0) is 11.4. The molecule has 4 nitrogen and oxygen atoms in total. The summed E-state index contributed by atoms with van der Waals surface area (Å²) in [5.41, 5.74) is 6.22. The number of methoxy groups -OCH3 is 1. The van der Waals surface area contributed by atoms with Crippen molar-refractivity contribution in [3.8, 4) is 0 Å². The van der Waals surface area contributed by atoms with Gasteiger partial charge in [-0.15, -0.1) is 0 Å². The molecule has 0 aromatic carbocycles. The lowest BCUT2D eigenvalue weighted by atomic mass is 9.78. The van der Waals surface area contributed by atoms with Gasteiger partial charge < -0.3 is 19.9 Å². The average Bonchev–Trinajstić information content (AvgIpc) is 2.39. The highest BCUT2D eigenvalue weighted by Crippen LogP contribution is 2.33. The van der Waals surface area contributed by atoms with E-state index in [9.17, 15) is 0 Å². The molecule has 0 radical (unpaired) electrons. The summed E-state index contributed by atoms with van der Waals surface area (Å²) in [5, 5.41) is 0. The van der Waals surface area contributed by atoms with Crippen molar-refractivity contribution in [2.75, 3.05) is 33.5 Å². The highest BCUT2D eigenvalue weighted by Gasteiger charge is 2.42. The van der Waals surface area contributed by atoms with Crippen LogP contribution in [-0.4, -0.2) is 45.2 Å². The first-order valence-electron chi connectivity index (χ1n) is 6.25. The van der Waals surface area contributed by atoms with Crippen molar-refractivity contribution < 1.29 is 14.2 Å². The Labute approximate surface area is 97.4 Å². The number of ether oxygens (including phenoxy) is 3. The molecular weight excluding hydrogens is 206 g/mol. The molecule has 0 spiro atoms. The van der Waals surface area contributed by atoms with Crippen molar-refractivity contribution in [1.29, 1.82) is 0 Å². The minimum atomic E-state index is -0.191. The Bertz CT molecular complexity index is 210. The summed E-state index contributed by atoms with van der Waals surface area (Å²) in [4.78, 5) is 0. The van der Waals surface area contributed by atoms with Crippen molar-refractivity contribution in [2.45, 2.75) is 37.3 Å². The van der Waals surface area contributed by atoms with Crippen LogP contribution in [0.25, 0.3) is 0 Å². The first-order valence-corrected chi connectivity index (χ1v) is 6.25. The van der Waals surface area contributed by atoms with Crippen molar-refractivity contribution in [3.63, 3.8) is 0 Å². The van der Waals surface area contributed by atoms with Gasteiger partial charge in [-0.1, -0.05) is 0 Å². The molecule has 2 aliphatic heterocycles. The smallest absolute Gasteiger partial charge is 0.0876 e. The molecule has 2 aliphatic rings.